The first-order valence-electron chi connectivity index (χ1n) is 6.03. The van der Waals surface area contributed by atoms with Crippen molar-refractivity contribution in [2.24, 2.45) is 0 Å². The average molecular weight is 368 g/mol. The van der Waals surface area contributed by atoms with Gasteiger partial charge in [0, 0.05) is 15.1 Å². The van der Waals surface area contributed by atoms with Crippen LogP contribution in [0.15, 0.2) is 51.5 Å². The van der Waals surface area contributed by atoms with Gasteiger partial charge < -0.3 is 10.3 Å². The zero-order chi connectivity index (χ0) is 15.0. The van der Waals surface area contributed by atoms with E-state index >= 15 is 0 Å². The Balaban J connectivity index is 2.21. The normalized spacial score (nSPS) is 10.8. The molecule has 0 aliphatic rings. The van der Waals surface area contributed by atoms with E-state index < -0.39 is 0 Å². The van der Waals surface area contributed by atoms with E-state index in [0.29, 0.717) is 26.3 Å². The highest BCUT2D eigenvalue weighted by Gasteiger charge is 2.19. The van der Waals surface area contributed by atoms with Crippen molar-refractivity contribution in [3.05, 3.63) is 57.8 Å². The molecule has 2 N–H and O–H groups in total. The summed E-state index contributed by atoms with van der Waals surface area (Å²) in [5, 5.41) is 4.57. The van der Waals surface area contributed by atoms with E-state index in [2.05, 4.69) is 21.1 Å². The van der Waals surface area contributed by atoms with Crippen molar-refractivity contribution >= 4 is 33.4 Å². The molecule has 21 heavy (non-hydrogen) atoms. The number of benzene rings is 2. The standard InChI is InChI=1S/C15H9BrClFN2O/c16-12-6-5-10(18)7-11(12)14-13(15(19)21-20-14)8-1-3-9(17)4-2-8/h1-7H,19H2. The van der Waals surface area contributed by atoms with Crippen molar-refractivity contribution in [1.29, 1.82) is 0 Å². The number of nitrogens with two attached hydrogens (primary N) is 1. The molecule has 0 aliphatic carbocycles. The van der Waals surface area contributed by atoms with E-state index in [1.165, 1.54) is 12.1 Å². The summed E-state index contributed by atoms with van der Waals surface area (Å²) in [6.45, 7) is 0. The Morgan fingerprint density at radius 3 is 2.57 bits per heavy atom. The molecule has 0 aliphatic heterocycles. The number of nitrogen functional groups attached to an aromatic ring is 1. The largest absolute Gasteiger partial charge is 0.367 e. The summed E-state index contributed by atoms with van der Waals surface area (Å²) in [5.74, 6) is -0.194. The minimum absolute atomic E-state index is 0.170. The predicted molar refractivity (Wildman–Crippen MR) is 84.5 cm³/mol. The zero-order valence-corrected chi connectivity index (χ0v) is 13.0. The van der Waals surface area contributed by atoms with Gasteiger partial charge in [-0.1, -0.05) is 44.8 Å². The molecular formula is C15H9BrClFN2O. The van der Waals surface area contributed by atoms with Crippen molar-refractivity contribution in [3.63, 3.8) is 0 Å². The van der Waals surface area contributed by atoms with Crippen LogP contribution in [0.4, 0.5) is 10.3 Å². The highest BCUT2D eigenvalue weighted by atomic mass is 79.9. The molecule has 1 aromatic heterocycles. The summed E-state index contributed by atoms with van der Waals surface area (Å²) in [4.78, 5) is 0. The van der Waals surface area contributed by atoms with Crippen LogP contribution >= 0.6 is 27.5 Å². The maximum Gasteiger partial charge on any atom is 0.230 e. The molecule has 3 nitrogen and oxygen atoms in total. The predicted octanol–water partition coefficient (Wildman–Crippen LogP) is 5.15. The average Bonchev–Trinajstić information content (AvgIpc) is 2.84. The fourth-order valence-corrected chi connectivity index (χ4v) is 2.62. The van der Waals surface area contributed by atoms with E-state index in [-0.39, 0.29) is 11.7 Å². The minimum Gasteiger partial charge on any atom is -0.367 e. The molecule has 3 aromatic rings. The first-order chi connectivity index (χ1) is 10.1. The number of hydrogen-bond acceptors (Lipinski definition) is 3. The summed E-state index contributed by atoms with van der Waals surface area (Å²) in [5.41, 5.74) is 8.31. The van der Waals surface area contributed by atoms with Crippen LogP contribution in [0.1, 0.15) is 0 Å². The van der Waals surface area contributed by atoms with Crippen molar-refractivity contribution < 1.29 is 8.91 Å². The molecule has 0 radical (unpaired) electrons. The van der Waals surface area contributed by atoms with Gasteiger partial charge in [0.15, 0.2) is 0 Å². The highest BCUT2D eigenvalue weighted by molar-refractivity contribution is 9.10. The number of halogens is 3. The van der Waals surface area contributed by atoms with Crippen LogP contribution in [0.5, 0.6) is 0 Å². The van der Waals surface area contributed by atoms with Crippen LogP contribution < -0.4 is 5.73 Å². The third kappa shape index (κ3) is 2.66. The summed E-state index contributed by atoms with van der Waals surface area (Å²) in [6, 6.07) is 11.5. The Morgan fingerprint density at radius 1 is 1.14 bits per heavy atom. The molecule has 106 valence electrons. The first-order valence-corrected chi connectivity index (χ1v) is 7.20. The molecule has 0 amide bonds. The van der Waals surface area contributed by atoms with Crippen molar-refractivity contribution in [2.45, 2.75) is 0 Å². The van der Waals surface area contributed by atoms with E-state index in [9.17, 15) is 4.39 Å². The van der Waals surface area contributed by atoms with Gasteiger partial charge in [-0.3, -0.25) is 0 Å². The lowest BCUT2D eigenvalue weighted by molar-refractivity contribution is 0.439. The minimum atomic E-state index is -0.364. The van der Waals surface area contributed by atoms with Crippen LogP contribution in [-0.4, -0.2) is 5.16 Å². The molecule has 0 saturated carbocycles. The van der Waals surface area contributed by atoms with Crippen LogP contribution in [0.2, 0.25) is 5.02 Å². The molecule has 0 unspecified atom stereocenters. The van der Waals surface area contributed by atoms with Gasteiger partial charge in [-0.05, 0) is 35.9 Å². The maximum absolute atomic E-state index is 13.5. The topological polar surface area (TPSA) is 52.0 Å². The first kappa shape index (κ1) is 14.1. The highest BCUT2D eigenvalue weighted by Crippen LogP contribution is 2.39. The van der Waals surface area contributed by atoms with Gasteiger partial charge >= 0.3 is 0 Å². The summed E-state index contributed by atoms with van der Waals surface area (Å²) in [6.07, 6.45) is 0. The monoisotopic (exact) mass is 366 g/mol. The lowest BCUT2D eigenvalue weighted by atomic mass is 10.0. The Bertz CT molecular complexity index is 802. The summed E-state index contributed by atoms with van der Waals surface area (Å²) in [7, 11) is 0. The number of hydrogen-bond donors (Lipinski definition) is 1. The third-order valence-electron chi connectivity index (χ3n) is 3.03. The molecule has 1 heterocycles. The number of anilines is 1. The Morgan fingerprint density at radius 2 is 1.86 bits per heavy atom. The van der Waals surface area contributed by atoms with Crippen LogP contribution in [0.3, 0.4) is 0 Å². The summed E-state index contributed by atoms with van der Waals surface area (Å²) >= 11 is 9.27. The van der Waals surface area contributed by atoms with Crippen molar-refractivity contribution in [2.75, 3.05) is 5.73 Å². The molecule has 0 bridgehead atoms. The Hall–Kier alpha value is -1.85. The molecule has 0 spiro atoms. The van der Waals surface area contributed by atoms with Crippen LogP contribution in [0, 0.1) is 5.82 Å². The number of rotatable bonds is 2. The summed E-state index contributed by atoms with van der Waals surface area (Å²) < 4.78 is 19.3. The van der Waals surface area contributed by atoms with Crippen LogP contribution in [0.25, 0.3) is 22.4 Å². The second kappa shape index (κ2) is 5.50. The van der Waals surface area contributed by atoms with E-state index in [1.54, 1.807) is 18.2 Å². The Labute approximate surface area is 133 Å². The molecule has 2 aromatic carbocycles. The van der Waals surface area contributed by atoms with Crippen molar-refractivity contribution in [1.82, 2.24) is 5.16 Å². The SMILES string of the molecule is Nc1onc(-c2cc(F)ccc2Br)c1-c1ccc(Cl)cc1. The van der Waals surface area contributed by atoms with Gasteiger partial charge in [-0.25, -0.2) is 4.39 Å². The van der Waals surface area contributed by atoms with Gasteiger partial charge in [0.2, 0.25) is 5.88 Å². The van der Waals surface area contributed by atoms with Gasteiger partial charge in [0.25, 0.3) is 0 Å². The number of nitrogens with zero attached hydrogens (tertiary/aromatic N) is 1. The third-order valence-corrected chi connectivity index (χ3v) is 3.98. The van der Waals surface area contributed by atoms with Crippen LogP contribution in [-0.2, 0) is 0 Å². The molecular weight excluding hydrogens is 359 g/mol. The van der Waals surface area contributed by atoms with Gasteiger partial charge in [0.1, 0.15) is 11.5 Å². The Kier molecular flexibility index (Phi) is 3.69. The second-order valence-corrected chi connectivity index (χ2v) is 5.69. The molecule has 0 atom stereocenters. The second-order valence-electron chi connectivity index (χ2n) is 4.40. The fraction of sp³-hybridized carbons (Fsp3) is 0. The fourth-order valence-electron chi connectivity index (χ4n) is 2.06. The zero-order valence-electron chi connectivity index (χ0n) is 10.6. The molecule has 6 heteroatoms. The quantitative estimate of drug-likeness (QED) is 0.682. The smallest absolute Gasteiger partial charge is 0.230 e. The van der Waals surface area contributed by atoms with E-state index in [1.807, 2.05) is 12.1 Å². The number of aromatic nitrogens is 1. The lowest BCUT2D eigenvalue weighted by Crippen LogP contribution is -1.89. The van der Waals surface area contributed by atoms with Crippen molar-refractivity contribution in [3.8, 4) is 22.4 Å². The van der Waals surface area contributed by atoms with E-state index in [4.69, 9.17) is 21.9 Å². The molecule has 0 fully saturated rings. The molecule has 3 rings (SSSR count). The van der Waals surface area contributed by atoms with Gasteiger partial charge in [-0.15, -0.1) is 0 Å². The van der Waals surface area contributed by atoms with Gasteiger partial charge in [-0.2, -0.15) is 0 Å². The maximum atomic E-state index is 13.5. The molecule has 0 saturated heterocycles. The van der Waals surface area contributed by atoms with Gasteiger partial charge in [0.05, 0.1) is 5.56 Å². The van der Waals surface area contributed by atoms with E-state index in [0.717, 1.165) is 5.56 Å². The lowest BCUT2D eigenvalue weighted by Gasteiger charge is -2.05.